The van der Waals surface area contributed by atoms with E-state index in [-0.39, 0.29) is 11.0 Å². The quantitative estimate of drug-likeness (QED) is 0.890. The molecule has 1 aromatic rings. The molecule has 1 aliphatic rings. The summed E-state index contributed by atoms with van der Waals surface area (Å²) in [5.41, 5.74) is -0.595. The van der Waals surface area contributed by atoms with Crippen LogP contribution in [0.4, 0.5) is 18.9 Å². The van der Waals surface area contributed by atoms with Gasteiger partial charge in [-0.15, -0.1) is 0 Å². The summed E-state index contributed by atoms with van der Waals surface area (Å²) in [6, 6.07) is 5.29. The molecule has 96 valence electrons. The van der Waals surface area contributed by atoms with Gasteiger partial charge in [-0.2, -0.15) is 18.4 Å². The van der Waals surface area contributed by atoms with E-state index in [1.54, 1.807) is 6.07 Å². The monoisotopic (exact) mass is 254 g/mol. The van der Waals surface area contributed by atoms with Crippen molar-refractivity contribution in [1.82, 2.24) is 0 Å². The van der Waals surface area contributed by atoms with Crippen LogP contribution in [0.25, 0.3) is 0 Å². The average molecular weight is 254 g/mol. The van der Waals surface area contributed by atoms with E-state index in [9.17, 15) is 13.2 Å². The number of nitriles is 1. The van der Waals surface area contributed by atoms with Crippen LogP contribution in [0.1, 0.15) is 30.9 Å². The first-order valence-electron chi connectivity index (χ1n) is 5.69. The number of nitrogens with zero attached hydrogens (tertiary/aromatic N) is 1. The molecule has 1 fully saturated rings. The minimum Gasteiger partial charge on any atom is -0.384 e. The zero-order chi connectivity index (χ0) is 13.4. The van der Waals surface area contributed by atoms with Crippen molar-refractivity contribution in [1.29, 1.82) is 5.26 Å². The van der Waals surface area contributed by atoms with Gasteiger partial charge in [0.2, 0.25) is 0 Å². The fraction of sp³-hybridized carbons (Fsp3) is 0.462. The Balaban J connectivity index is 2.20. The van der Waals surface area contributed by atoms with Crippen molar-refractivity contribution in [2.24, 2.45) is 5.41 Å². The van der Waals surface area contributed by atoms with Gasteiger partial charge in [-0.1, -0.05) is 6.92 Å². The summed E-state index contributed by atoms with van der Waals surface area (Å²) in [7, 11) is 0. The average Bonchev–Trinajstić information content (AvgIpc) is 3.04. The van der Waals surface area contributed by atoms with E-state index in [4.69, 9.17) is 5.26 Å². The molecule has 0 spiro atoms. The molecule has 1 saturated carbocycles. The van der Waals surface area contributed by atoms with Gasteiger partial charge < -0.3 is 5.32 Å². The number of benzene rings is 1. The number of halogens is 3. The minimum atomic E-state index is -4.49. The third-order valence-corrected chi connectivity index (χ3v) is 3.27. The predicted molar refractivity (Wildman–Crippen MR) is 62.0 cm³/mol. The summed E-state index contributed by atoms with van der Waals surface area (Å²) in [4.78, 5) is 0. The number of hydrogen-bond donors (Lipinski definition) is 1. The highest BCUT2D eigenvalue weighted by Crippen LogP contribution is 2.45. The maximum atomic E-state index is 12.7. The van der Waals surface area contributed by atoms with E-state index in [1.807, 2.05) is 0 Å². The van der Waals surface area contributed by atoms with Gasteiger partial charge in [0.15, 0.2) is 0 Å². The van der Waals surface area contributed by atoms with Gasteiger partial charge in [-0.3, -0.25) is 0 Å². The molecule has 5 heteroatoms. The minimum absolute atomic E-state index is 0.215. The lowest BCUT2D eigenvalue weighted by atomic mass is 10.1. The number of alkyl halides is 3. The molecule has 0 heterocycles. The Kier molecular flexibility index (Phi) is 2.97. The summed E-state index contributed by atoms with van der Waals surface area (Å²) in [5.74, 6) is 0. The topological polar surface area (TPSA) is 35.8 Å². The van der Waals surface area contributed by atoms with Gasteiger partial charge in [0, 0.05) is 12.2 Å². The highest BCUT2D eigenvalue weighted by Gasteiger charge is 2.37. The van der Waals surface area contributed by atoms with Crippen molar-refractivity contribution >= 4 is 5.69 Å². The standard InChI is InChI=1S/C13H13F3N2/c1-12(4-5-12)8-18-10-3-2-9(7-17)11(6-10)13(14,15)16/h2-3,6,18H,4-5,8H2,1H3. The van der Waals surface area contributed by atoms with E-state index in [0.29, 0.717) is 12.2 Å². The smallest absolute Gasteiger partial charge is 0.384 e. The van der Waals surface area contributed by atoms with Crippen LogP contribution in [0, 0.1) is 16.7 Å². The lowest BCUT2D eigenvalue weighted by molar-refractivity contribution is -0.137. The Hall–Kier alpha value is -1.70. The first kappa shape index (κ1) is 12.7. The van der Waals surface area contributed by atoms with Crippen LogP contribution in [0.3, 0.4) is 0 Å². The normalized spacial score (nSPS) is 17.1. The largest absolute Gasteiger partial charge is 0.417 e. The second kappa shape index (κ2) is 4.20. The van der Waals surface area contributed by atoms with Gasteiger partial charge >= 0.3 is 6.18 Å². The zero-order valence-corrected chi connectivity index (χ0v) is 9.93. The molecular weight excluding hydrogens is 241 g/mol. The first-order chi connectivity index (χ1) is 8.34. The van der Waals surface area contributed by atoms with Gasteiger partial charge in [0.25, 0.3) is 0 Å². The summed E-state index contributed by atoms with van der Waals surface area (Å²) in [6.07, 6.45) is -2.29. The summed E-state index contributed by atoms with van der Waals surface area (Å²) >= 11 is 0. The van der Waals surface area contributed by atoms with Crippen molar-refractivity contribution in [3.63, 3.8) is 0 Å². The van der Waals surface area contributed by atoms with Crippen LogP contribution in [-0.4, -0.2) is 6.54 Å². The number of anilines is 1. The van der Waals surface area contributed by atoms with Crippen LogP contribution in [0.2, 0.25) is 0 Å². The van der Waals surface area contributed by atoms with Gasteiger partial charge in [-0.25, -0.2) is 0 Å². The molecule has 1 aromatic carbocycles. The number of nitrogens with one attached hydrogen (secondary N) is 1. The van der Waals surface area contributed by atoms with E-state index >= 15 is 0 Å². The fourth-order valence-electron chi connectivity index (χ4n) is 1.69. The SMILES string of the molecule is CC1(CNc2ccc(C#N)c(C(F)(F)F)c2)CC1. The Bertz CT molecular complexity index is 496. The third-order valence-electron chi connectivity index (χ3n) is 3.27. The van der Waals surface area contributed by atoms with Gasteiger partial charge in [0.05, 0.1) is 17.2 Å². The molecule has 0 amide bonds. The molecule has 0 saturated heterocycles. The molecule has 0 atom stereocenters. The Labute approximate surface area is 103 Å². The molecule has 1 N–H and O–H groups in total. The molecule has 0 aliphatic heterocycles. The predicted octanol–water partition coefficient (Wildman–Crippen LogP) is 3.79. The van der Waals surface area contributed by atoms with Gasteiger partial charge in [0.1, 0.15) is 0 Å². The molecule has 0 aromatic heterocycles. The summed E-state index contributed by atoms with van der Waals surface area (Å²) in [6.45, 7) is 2.75. The maximum Gasteiger partial charge on any atom is 0.417 e. The van der Waals surface area contributed by atoms with Gasteiger partial charge in [-0.05, 0) is 36.5 Å². The first-order valence-corrected chi connectivity index (χ1v) is 5.69. The van der Waals surface area contributed by atoms with E-state index in [2.05, 4.69) is 12.2 Å². The van der Waals surface area contributed by atoms with Crippen LogP contribution in [0.15, 0.2) is 18.2 Å². The molecule has 0 unspecified atom stereocenters. The fourth-order valence-corrected chi connectivity index (χ4v) is 1.69. The van der Waals surface area contributed by atoms with E-state index in [1.165, 1.54) is 12.1 Å². The molecule has 2 nitrogen and oxygen atoms in total. The Morgan fingerprint density at radius 3 is 2.56 bits per heavy atom. The molecule has 0 bridgehead atoms. The molecule has 1 aliphatic carbocycles. The lowest BCUT2D eigenvalue weighted by Gasteiger charge is -2.14. The van der Waals surface area contributed by atoms with Crippen molar-refractivity contribution < 1.29 is 13.2 Å². The van der Waals surface area contributed by atoms with E-state index in [0.717, 1.165) is 18.9 Å². The maximum absolute atomic E-state index is 12.7. The zero-order valence-electron chi connectivity index (χ0n) is 9.93. The van der Waals surface area contributed by atoms with Crippen molar-refractivity contribution in [3.8, 4) is 6.07 Å². The molecule has 0 radical (unpaired) electrons. The Morgan fingerprint density at radius 1 is 1.39 bits per heavy atom. The van der Waals surface area contributed by atoms with Crippen LogP contribution in [0.5, 0.6) is 0 Å². The third kappa shape index (κ3) is 2.76. The second-order valence-electron chi connectivity index (χ2n) is 5.03. The van der Waals surface area contributed by atoms with Crippen LogP contribution >= 0.6 is 0 Å². The molecular formula is C13H13F3N2. The molecule has 18 heavy (non-hydrogen) atoms. The molecule has 2 rings (SSSR count). The summed E-state index contributed by atoms with van der Waals surface area (Å²) < 4.78 is 38.2. The number of hydrogen-bond acceptors (Lipinski definition) is 2. The highest BCUT2D eigenvalue weighted by atomic mass is 19.4. The summed E-state index contributed by atoms with van der Waals surface area (Å²) in [5, 5.41) is 11.7. The Morgan fingerprint density at radius 2 is 2.06 bits per heavy atom. The van der Waals surface area contributed by atoms with Crippen molar-refractivity contribution in [3.05, 3.63) is 29.3 Å². The number of rotatable bonds is 3. The lowest BCUT2D eigenvalue weighted by Crippen LogP contribution is -2.13. The van der Waals surface area contributed by atoms with Crippen LogP contribution < -0.4 is 5.32 Å². The highest BCUT2D eigenvalue weighted by molar-refractivity contribution is 5.53. The van der Waals surface area contributed by atoms with Crippen molar-refractivity contribution in [2.75, 3.05) is 11.9 Å². The van der Waals surface area contributed by atoms with Crippen molar-refractivity contribution in [2.45, 2.75) is 25.9 Å². The van der Waals surface area contributed by atoms with Crippen LogP contribution in [-0.2, 0) is 6.18 Å². The second-order valence-corrected chi connectivity index (χ2v) is 5.03. The van der Waals surface area contributed by atoms with E-state index < -0.39 is 11.7 Å².